The minimum atomic E-state index is -0.179. The summed E-state index contributed by atoms with van der Waals surface area (Å²) in [6.07, 6.45) is 3.53. The van der Waals surface area contributed by atoms with Crippen LogP contribution in [0.4, 0.5) is 5.69 Å². The van der Waals surface area contributed by atoms with Crippen LogP contribution in [0.5, 0.6) is 5.75 Å². The minimum absolute atomic E-state index is 0. The number of anilines is 1. The van der Waals surface area contributed by atoms with Crippen LogP contribution in [-0.4, -0.2) is 35.9 Å². The molecule has 0 saturated carbocycles. The number of para-hydroxylation sites is 1. The van der Waals surface area contributed by atoms with Crippen LogP contribution in [0.3, 0.4) is 0 Å². The Morgan fingerprint density at radius 3 is 2.53 bits per heavy atom. The van der Waals surface area contributed by atoms with Gasteiger partial charge in [0.1, 0.15) is 5.75 Å². The first kappa shape index (κ1) is 22.2. The first-order valence-electron chi connectivity index (χ1n) is 9.66. The Hall–Kier alpha value is -2.54. The number of halogens is 2. The molecule has 6 nitrogen and oxygen atoms in total. The Labute approximate surface area is 187 Å². The van der Waals surface area contributed by atoms with Crippen molar-refractivity contribution >= 4 is 35.6 Å². The van der Waals surface area contributed by atoms with E-state index in [0.29, 0.717) is 16.3 Å². The second kappa shape index (κ2) is 9.98. The number of rotatable bonds is 5. The van der Waals surface area contributed by atoms with E-state index in [2.05, 4.69) is 15.7 Å². The number of aromatic nitrogens is 2. The Balaban J connectivity index is 0.00000256. The average Bonchev–Trinajstić information content (AvgIpc) is 3.20. The Kier molecular flexibility index (Phi) is 7.37. The van der Waals surface area contributed by atoms with Crippen molar-refractivity contribution in [1.29, 1.82) is 0 Å². The van der Waals surface area contributed by atoms with Crippen molar-refractivity contribution in [3.8, 4) is 11.4 Å². The maximum atomic E-state index is 13.1. The van der Waals surface area contributed by atoms with Gasteiger partial charge in [0.15, 0.2) is 0 Å². The maximum Gasteiger partial charge on any atom is 0.259 e. The molecule has 0 aliphatic carbocycles. The van der Waals surface area contributed by atoms with Gasteiger partial charge in [0.05, 0.1) is 35.3 Å². The molecule has 3 aromatic rings. The van der Waals surface area contributed by atoms with Crippen LogP contribution in [0.25, 0.3) is 5.69 Å². The van der Waals surface area contributed by atoms with Crippen molar-refractivity contribution in [3.63, 3.8) is 0 Å². The van der Waals surface area contributed by atoms with E-state index < -0.39 is 0 Å². The van der Waals surface area contributed by atoms with Gasteiger partial charge in [-0.05, 0) is 62.3 Å². The van der Waals surface area contributed by atoms with Crippen LogP contribution in [0.15, 0.2) is 54.7 Å². The van der Waals surface area contributed by atoms with Crippen molar-refractivity contribution in [2.75, 3.05) is 25.5 Å². The summed E-state index contributed by atoms with van der Waals surface area (Å²) in [4.78, 5) is 13.1. The first-order valence-corrected chi connectivity index (χ1v) is 10.0. The van der Waals surface area contributed by atoms with E-state index in [1.165, 1.54) is 0 Å². The van der Waals surface area contributed by atoms with Gasteiger partial charge in [-0.15, -0.1) is 12.4 Å². The fourth-order valence-corrected chi connectivity index (χ4v) is 3.93. The third-order valence-electron chi connectivity index (χ3n) is 5.21. The summed E-state index contributed by atoms with van der Waals surface area (Å²) in [5.41, 5.74) is 2.97. The fourth-order valence-electron chi connectivity index (χ4n) is 3.71. The zero-order valence-electron chi connectivity index (χ0n) is 16.6. The molecule has 2 heterocycles. The van der Waals surface area contributed by atoms with Crippen molar-refractivity contribution in [2.45, 2.75) is 18.8 Å². The van der Waals surface area contributed by atoms with E-state index in [1.54, 1.807) is 13.3 Å². The Morgan fingerprint density at radius 1 is 1.17 bits per heavy atom. The molecular formula is C22H24Cl2N4O2. The summed E-state index contributed by atoms with van der Waals surface area (Å²) in [6.45, 7) is 1.83. The molecule has 0 bridgehead atoms. The Morgan fingerprint density at radius 2 is 1.87 bits per heavy atom. The third kappa shape index (κ3) is 4.61. The minimum Gasteiger partial charge on any atom is -0.497 e. The predicted octanol–water partition coefficient (Wildman–Crippen LogP) is 4.68. The SMILES string of the molecule is COc1ccc(NC(=O)c2cnn(-c3ccccc3Cl)c2C2CCNCC2)cc1.Cl. The Bertz CT molecular complexity index is 999. The molecule has 2 aromatic carbocycles. The van der Waals surface area contributed by atoms with E-state index in [1.807, 2.05) is 53.2 Å². The second-order valence-electron chi connectivity index (χ2n) is 7.01. The molecule has 0 spiro atoms. The molecule has 1 fully saturated rings. The van der Waals surface area contributed by atoms with Crippen LogP contribution in [0.1, 0.15) is 34.8 Å². The van der Waals surface area contributed by atoms with E-state index in [4.69, 9.17) is 16.3 Å². The van der Waals surface area contributed by atoms with E-state index in [0.717, 1.165) is 43.1 Å². The lowest BCUT2D eigenvalue weighted by atomic mass is 9.91. The number of carbonyl (C=O) groups is 1. The maximum absolute atomic E-state index is 13.1. The highest BCUT2D eigenvalue weighted by molar-refractivity contribution is 6.32. The van der Waals surface area contributed by atoms with Gasteiger partial charge < -0.3 is 15.4 Å². The largest absolute Gasteiger partial charge is 0.497 e. The normalized spacial score (nSPS) is 14.1. The number of piperidine rings is 1. The molecule has 1 aromatic heterocycles. The van der Waals surface area contributed by atoms with Gasteiger partial charge in [-0.25, -0.2) is 4.68 Å². The summed E-state index contributed by atoms with van der Waals surface area (Å²) in [7, 11) is 1.61. The second-order valence-corrected chi connectivity index (χ2v) is 7.42. The summed E-state index contributed by atoms with van der Waals surface area (Å²) in [6, 6.07) is 14.8. The molecule has 1 amide bonds. The van der Waals surface area contributed by atoms with Crippen LogP contribution in [0.2, 0.25) is 5.02 Å². The van der Waals surface area contributed by atoms with Crippen molar-refractivity contribution < 1.29 is 9.53 Å². The van der Waals surface area contributed by atoms with E-state index in [9.17, 15) is 4.79 Å². The van der Waals surface area contributed by atoms with Gasteiger partial charge in [-0.3, -0.25) is 4.79 Å². The molecule has 0 atom stereocenters. The molecule has 158 valence electrons. The molecular weight excluding hydrogens is 423 g/mol. The topological polar surface area (TPSA) is 68.2 Å². The standard InChI is InChI=1S/C22H23ClN4O2.ClH/c1-29-17-8-6-16(7-9-17)26-22(28)18-14-25-27(20-5-3-2-4-19(20)23)21(18)15-10-12-24-13-11-15;/h2-9,14-15,24H,10-13H2,1H3,(H,26,28);1H. The molecule has 8 heteroatoms. The number of amides is 1. The molecule has 1 saturated heterocycles. The van der Waals surface area contributed by atoms with Crippen molar-refractivity contribution in [2.24, 2.45) is 0 Å². The van der Waals surface area contributed by atoms with Crippen LogP contribution in [0, 0.1) is 0 Å². The van der Waals surface area contributed by atoms with Crippen molar-refractivity contribution in [3.05, 3.63) is 71.0 Å². The number of benzene rings is 2. The third-order valence-corrected chi connectivity index (χ3v) is 5.53. The van der Waals surface area contributed by atoms with Gasteiger partial charge in [-0.2, -0.15) is 5.10 Å². The highest BCUT2D eigenvalue weighted by atomic mass is 35.5. The molecule has 0 radical (unpaired) electrons. The number of methoxy groups -OCH3 is 1. The van der Waals surface area contributed by atoms with E-state index in [-0.39, 0.29) is 24.2 Å². The zero-order chi connectivity index (χ0) is 20.2. The smallest absolute Gasteiger partial charge is 0.259 e. The number of carbonyl (C=O) groups excluding carboxylic acids is 1. The molecule has 30 heavy (non-hydrogen) atoms. The van der Waals surface area contributed by atoms with Crippen LogP contribution >= 0.6 is 24.0 Å². The summed E-state index contributed by atoms with van der Waals surface area (Å²) in [5, 5.41) is 11.5. The highest BCUT2D eigenvalue weighted by Gasteiger charge is 2.27. The lowest BCUT2D eigenvalue weighted by molar-refractivity contribution is 0.102. The van der Waals surface area contributed by atoms with Gasteiger partial charge in [0, 0.05) is 11.6 Å². The highest BCUT2D eigenvalue weighted by Crippen LogP contribution is 2.32. The molecule has 0 unspecified atom stereocenters. The lowest BCUT2D eigenvalue weighted by Gasteiger charge is -2.25. The molecule has 2 N–H and O–H groups in total. The van der Waals surface area contributed by atoms with E-state index >= 15 is 0 Å². The average molecular weight is 447 g/mol. The fraction of sp³-hybridized carbons (Fsp3) is 0.273. The van der Waals surface area contributed by atoms with Gasteiger partial charge >= 0.3 is 0 Å². The first-order chi connectivity index (χ1) is 14.2. The van der Waals surface area contributed by atoms with Gasteiger partial charge in [0.25, 0.3) is 5.91 Å². The number of nitrogens with one attached hydrogen (secondary N) is 2. The number of nitrogens with zero attached hydrogens (tertiary/aromatic N) is 2. The number of ether oxygens (including phenoxy) is 1. The summed E-state index contributed by atoms with van der Waals surface area (Å²) in [5.74, 6) is 0.790. The zero-order valence-corrected chi connectivity index (χ0v) is 18.2. The number of hydrogen-bond acceptors (Lipinski definition) is 4. The summed E-state index contributed by atoms with van der Waals surface area (Å²) < 4.78 is 7.00. The monoisotopic (exact) mass is 446 g/mol. The molecule has 1 aliphatic rings. The molecule has 1 aliphatic heterocycles. The molecule has 4 rings (SSSR count). The van der Waals surface area contributed by atoms with Crippen LogP contribution < -0.4 is 15.4 Å². The number of hydrogen-bond donors (Lipinski definition) is 2. The van der Waals surface area contributed by atoms with Crippen molar-refractivity contribution in [1.82, 2.24) is 15.1 Å². The van der Waals surface area contributed by atoms with Crippen LogP contribution in [-0.2, 0) is 0 Å². The van der Waals surface area contributed by atoms with Gasteiger partial charge in [0.2, 0.25) is 0 Å². The summed E-state index contributed by atoms with van der Waals surface area (Å²) >= 11 is 6.43. The van der Waals surface area contributed by atoms with Gasteiger partial charge in [-0.1, -0.05) is 23.7 Å². The predicted molar refractivity (Wildman–Crippen MR) is 122 cm³/mol. The lowest BCUT2D eigenvalue weighted by Crippen LogP contribution is -2.29. The quantitative estimate of drug-likeness (QED) is 0.596.